The van der Waals surface area contributed by atoms with Gasteiger partial charge in [0.05, 0.1) is 0 Å². The Balaban J connectivity index is 2.02. The summed E-state index contributed by atoms with van der Waals surface area (Å²) in [5.74, 6) is 0.149. The second-order valence-electron chi connectivity index (χ2n) is 5.29. The van der Waals surface area contributed by atoms with E-state index in [1.165, 1.54) is 0 Å². The Hall–Kier alpha value is -1.02. The Morgan fingerprint density at radius 2 is 1.11 bits per heavy atom. The molecule has 19 heavy (non-hydrogen) atoms. The third kappa shape index (κ3) is 1.47. The SMILES string of the molecule is OC1c2ccccc2[C@@H]2[C@H](c3ccccc31)C2(Cl)Cl. The second-order valence-corrected chi connectivity index (χ2v) is 6.73. The molecule has 2 aliphatic carbocycles. The molecule has 1 unspecified atom stereocenters. The normalized spacial score (nSPS) is 29.7. The van der Waals surface area contributed by atoms with Crippen LogP contribution in [0.2, 0.25) is 0 Å². The molecule has 1 nitrogen and oxygen atoms in total. The highest BCUT2D eigenvalue weighted by atomic mass is 35.5. The highest BCUT2D eigenvalue weighted by Gasteiger charge is 2.66. The standard InChI is InChI=1S/C16H12Cl2O/c17-16(18)13-9-5-1-3-7-11(9)15(19)12-8-4-2-6-10(12)14(13)16/h1-8,13-15,19H/t13-,14+,15?. The van der Waals surface area contributed by atoms with Crippen molar-refractivity contribution >= 4 is 23.2 Å². The monoisotopic (exact) mass is 290 g/mol. The van der Waals surface area contributed by atoms with Crippen molar-refractivity contribution in [3.05, 3.63) is 70.8 Å². The summed E-state index contributed by atoms with van der Waals surface area (Å²) in [6, 6.07) is 15.8. The average molecular weight is 291 g/mol. The molecule has 96 valence electrons. The van der Waals surface area contributed by atoms with Gasteiger partial charge in [0.25, 0.3) is 0 Å². The Kier molecular flexibility index (Phi) is 2.33. The van der Waals surface area contributed by atoms with Gasteiger partial charge in [-0.3, -0.25) is 0 Å². The van der Waals surface area contributed by atoms with Gasteiger partial charge in [-0.15, -0.1) is 23.2 Å². The van der Waals surface area contributed by atoms with Crippen LogP contribution in [0.3, 0.4) is 0 Å². The third-order valence-corrected chi connectivity index (χ3v) is 5.25. The molecule has 1 saturated carbocycles. The maximum atomic E-state index is 10.6. The van der Waals surface area contributed by atoms with Crippen LogP contribution in [-0.4, -0.2) is 9.44 Å². The van der Waals surface area contributed by atoms with Gasteiger partial charge in [0.1, 0.15) is 10.4 Å². The Bertz CT molecular complexity index is 610. The zero-order valence-electron chi connectivity index (χ0n) is 10.1. The van der Waals surface area contributed by atoms with Gasteiger partial charge >= 0.3 is 0 Å². The van der Waals surface area contributed by atoms with E-state index in [1.54, 1.807) is 0 Å². The summed E-state index contributed by atoms with van der Waals surface area (Å²) >= 11 is 12.9. The number of hydrogen-bond acceptors (Lipinski definition) is 1. The molecule has 0 heterocycles. The molecule has 0 saturated heterocycles. The van der Waals surface area contributed by atoms with Gasteiger partial charge < -0.3 is 5.11 Å². The van der Waals surface area contributed by atoms with E-state index < -0.39 is 10.4 Å². The molecule has 0 radical (unpaired) electrons. The fourth-order valence-corrected chi connectivity index (χ4v) is 4.20. The minimum Gasteiger partial charge on any atom is -0.384 e. The predicted octanol–water partition coefficient (Wildman–Crippen LogP) is 4.14. The topological polar surface area (TPSA) is 20.2 Å². The van der Waals surface area contributed by atoms with Crippen molar-refractivity contribution in [2.45, 2.75) is 22.3 Å². The first-order valence-electron chi connectivity index (χ1n) is 6.36. The molecule has 0 aliphatic heterocycles. The van der Waals surface area contributed by atoms with E-state index in [1.807, 2.05) is 48.5 Å². The van der Waals surface area contributed by atoms with Crippen molar-refractivity contribution in [2.24, 2.45) is 0 Å². The minimum atomic E-state index is -0.758. The van der Waals surface area contributed by atoms with E-state index in [4.69, 9.17) is 23.2 Å². The summed E-state index contributed by atoms with van der Waals surface area (Å²) in [6.07, 6.45) is -0.593. The van der Waals surface area contributed by atoms with Crippen LogP contribution in [0.4, 0.5) is 0 Å². The van der Waals surface area contributed by atoms with Gasteiger partial charge in [0.2, 0.25) is 0 Å². The van der Waals surface area contributed by atoms with Gasteiger partial charge in [-0.1, -0.05) is 48.5 Å². The first-order valence-corrected chi connectivity index (χ1v) is 7.11. The van der Waals surface area contributed by atoms with Crippen molar-refractivity contribution in [1.82, 2.24) is 0 Å². The molecular formula is C16H12Cl2O. The van der Waals surface area contributed by atoms with Crippen LogP contribution in [0.15, 0.2) is 48.5 Å². The fourth-order valence-electron chi connectivity index (χ4n) is 3.35. The summed E-state index contributed by atoms with van der Waals surface area (Å²) in [7, 11) is 0. The molecule has 3 heteroatoms. The summed E-state index contributed by atoms with van der Waals surface area (Å²) in [5.41, 5.74) is 3.98. The maximum absolute atomic E-state index is 10.6. The van der Waals surface area contributed by atoms with Gasteiger partial charge in [0, 0.05) is 11.8 Å². The summed E-state index contributed by atoms with van der Waals surface area (Å²) in [5, 5.41) is 10.6. The number of aliphatic hydroxyl groups is 1. The average Bonchev–Trinajstić information content (AvgIpc) is 3.02. The molecule has 2 aliphatic rings. The van der Waals surface area contributed by atoms with Crippen molar-refractivity contribution in [3.63, 3.8) is 0 Å². The van der Waals surface area contributed by atoms with Gasteiger partial charge in [-0.25, -0.2) is 0 Å². The molecular weight excluding hydrogens is 279 g/mol. The van der Waals surface area contributed by atoms with Gasteiger partial charge in [0.15, 0.2) is 0 Å². The van der Waals surface area contributed by atoms with Gasteiger partial charge in [-0.2, -0.15) is 0 Å². The van der Waals surface area contributed by atoms with Crippen LogP contribution >= 0.6 is 23.2 Å². The van der Waals surface area contributed by atoms with Crippen molar-refractivity contribution in [1.29, 1.82) is 0 Å². The number of aliphatic hydroxyl groups excluding tert-OH is 1. The Labute approximate surface area is 121 Å². The van der Waals surface area contributed by atoms with Gasteiger partial charge in [-0.05, 0) is 22.3 Å². The maximum Gasteiger partial charge on any atom is 0.133 e. The number of hydrogen-bond donors (Lipinski definition) is 1. The van der Waals surface area contributed by atoms with Crippen LogP contribution in [0.5, 0.6) is 0 Å². The molecule has 1 N–H and O–H groups in total. The molecule has 0 amide bonds. The highest BCUT2D eigenvalue weighted by molar-refractivity contribution is 6.52. The van der Waals surface area contributed by atoms with E-state index in [9.17, 15) is 5.11 Å². The van der Waals surface area contributed by atoms with E-state index in [2.05, 4.69) is 0 Å². The number of fused-ring (bicyclic) bond motifs is 5. The zero-order valence-corrected chi connectivity index (χ0v) is 11.6. The zero-order chi connectivity index (χ0) is 13.2. The lowest BCUT2D eigenvalue weighted by atomic mass is 9.95. The molecule has 3 atom stereocenters. The van der Waals surface area contributed by atoms with E-state index in [0.717, 1.165) is 22.3 Å². The van der Waals surface area contributed by atoms with E-state index in [0.29, 0.717) is 0 Å². The van der Waals surface area contributed by atoms with Crippen molar-refractivity contribution < 1.29 is 5.11 Å². The molecule has 2 aromatic carbocycles. The van der Waals surface area contributed by atoms with Crippen LogP contribution in [0.25, 0.3) is 0 Å². The minimum absolute atomic E-state index is 0.0744. The lowest BCUT2D eigenvalue weighted by Gasteiger charge is -2.17. The summed E-state index contributed by atoms with van der Waals surface area (Å²) < 4.78 is -0.758. The van der Waals surface area contributed by atoms with Crippen LogP contribution in [0.1, 0.15) is 40.2 Å². The molecule has 4 rings (SSSR count). The Morgan fingerprint density at radius 1 is 0.737 bits per heavy atom. The molecule has 0 aromatic heterocycles. The van der Waals surface area contributed by atoms with Crippen LogP contribution < -0.4 is 0 Å². The Morgan fingerprint density at radius 3 is 1.53 bits per heavy atom. The molecule has 1 fully saturated rings. The van der Waals surface area contributed by atoms with Crippen LogP contribution in [0, 0.1) is 0 Å². The molecule has 2 aromatic rings. The smallest absolute Gasteiger partial charge is 0.133 e. The lowest BCUT2D eigenvalue weighted by molar-refractivity contribution is 0.219. The quantitative estimate of drug-likeness (QED) is 0.723. The largest absolute Gasteiger partial charge is 0.384 e. The first kappa shape index (κ1) is 11.8. The molecule has 0 spiro atoms. The first-order chi connectivity index (χ1) is 9.12. The third-order valence-electron chi connectivity index (χ3n) is 4.30. The van der Waals surface area contributed by atoms with E-state index in [-0.39, 0.29) is 11.8 Å². The van der Waals surface area contributed by atoms with Crippen molar-refractivity contribution in [3.8, 4) is 0 Å². The summed E-state index contributed by atoms with van der Waals surface area (Å²) in [4.78, 5) is 0. The second kappa shape index (κ2) is 3.76. The fraction of sp³-hybridized carbons (Fsp3) is 0.250. The lowest BCUT2D eigenvalue weighted by Crippen LogP contribution is -2.07. The summed E-state index contributed by atoms with van der Waals surface area (Å²) in [6.45, 7) is 0. The van der Waals surface area contributed by atoms with Crippen LogP contribution in [-0.2, 0) is 0 Å². The number of benzene rings is 2. The molecule has 0 bridgehead atoms. The highest BCUT2D eigenvalue weighted by Crippen LogP contribution is 2.72. The van der Waals surface area contributed by atoms with Crippen molar-refractivity contribution in [2.75, 3.05) is 0 Å². The number of rotatable bonds is 0. The number of alkyl halides is 2. The predicted molar refractivity (Wildman–Crippen MR) is 76.9 cm³/mol. The number of halogens is 2. The van der Waals surface area contributed by atoms with E-state index >= 15 is 0 Å².